The predicted octanol–water partition coefficient (Wildman–Crippen LogP) is 3.65. The first-order valence-corrected chi connectivity index (χ1v) is 8.23. The molecule has 0 radical (unpaired) electrons. The summed E-state index contributed by atoms with van der Waals surface area (Å²) >= 11 is 0. The summed E-state index contributed by atoms with van der Waals surface area (Å²) in [5, 5.41) is 6.23. The highest BCUT2D eigenvalue weighted by molar-refractivity contribution is 5.94. The Hall–Kier alpha value is -2.36. The van der Waals surface area contributed by atoms with Gasteiger partial charge in [0.05, 0.1) is 5.56 Å². The molecule has 0 aliphatic heterocycles. The summed E-state index contributed by atoms with van der Waals surface area (Å²) in [6.07, 6.45) is 4.63. The molecule has 1 aromatic heterocycles. The van der Waals surface area contributed by atoms with E-state index in [0.29, 0.717) is 5.56 Å². The predicted molar refractivity (Wildman–Crippen MR) is 94.7 cm³/mol. The molecular formula is C19H25N3O. The van der Waals surface area contributed by atoms with Gasteiger partial charge in [-0.25, -0.2) is 4.98 Å². The second kappa shape index (κ2) is 8.93. The van der Waals surface area contributed by atoms with Crippen LogP contribution in [0.25, 0.3) is 0 Å². The van der Waals surface area contributed by atoms with Crippen molar-refractivity contribution in [1.82, 2.24) is 10.3 Å². The topological polar surface area (TPSA) is 54.0 Å². The van der Waals surface area contributed by atoms with Crippen molar-refractivity contribution >= 4 is 11.7 Å². The molecule has 2 rings (SSSR count). The molecule has 122 valence electrons. The van der Waals surface area contributed by atoms with Crippen molar-refractivity contribution in [2.75, 3.05) is 11.9 Å². The number of benzene rings is 1. The first kappa shape index (κ1) is 17.0. The van der Waals surface area contributed by atoms with E-state index >= 15 is 0 Å². The summed E-state index contributed by atoms with van der Waals surface area (Å²) in [5.41, 5.74) is 1.94. The molecule has 0 saturated carbocycles. The molecule has 1 aromatic carbocycles. The van der Waals surface area contributed by atoms with E-state index in [-0.39, 0.29) is 11.9 Å². The maximum absolute atomic E-state index is 12.0. The Bertz CT molecular complexity index is 596. The molecule has 1 atom stereocenters. The van der Waals surface area contributed by atoms with Crippen molar-refractivity contribution in [3.8, 4) is 0 Å². The van der Waals surface area contributed by atoms with E-state index in [1.54, 1.807) is 6.20 Å². The fourth-order valence-corrected chi connectivity index (χ4v) is 2.20. The lowest BCUT2D eigenvalue weighted by atomic mass is 10.1. The average Bonchev–Trinajstić information content (AvgIpc) is 2.60. The highest BCUT2D eigenvalue weighted by Gasteiger charge is 2.08. The molecule has 4 nitrogen and oxygen atoms in total. The third-order valence-electron chi connectivity index (χ3n) is 3.81. The number of nitrogens with one attached hydrogen (secondary N) is 2. The van der Waals surface area contributed by atoms with Crippen LogP contribution in [0.4, 0.5) is 5.82 Å². The minimum absolute atomic E-state index is 0.0672. The number of rotatable bonds is 8. The van der Waals surface area contributed by atoms with Gasteiger partial charge in [-0.15, -0.1) is 0 Å². The zero-order valence-corrected chi connectivity index (χ0v) is 13.9. The summed E-state index contributed by atoms with van der Waals surface area (Å²) in [4.78, 5) is 16.3. The van der Waals surface area contributed by atoms with Crippen LogP contribution in [0.2, 0.25) is 0 Å². The lowest BCUT2D eigenvalue weighted by Gasteiger charge is -2.11. The second-order valence-electron chi connectivity index (χ2n) is 5.73. The highest BCUT2D eigenvalue weighted by atomic mass is 16.1. The third kappa shape index (κ3) is 5.74. The van der Waals surface area contributed by atoms with Crippen molar-refractivity contribution in [3.05, 3.63) is 59.8 Å². The summed E-state index contributed by atoms with van der Waals surface area (Å²) in [6.45, 7) is 4.90. The lowest BCUT2D eigenvalue weighted by Crippen LogP contribution is -2.31. The van der Waals surface area contributed by atoms with Crippen LogP contribution in [-0.2, 0) is 6.42 Å². The molecule has 0 spiro atoms. The van der Waals surface area contributed by atoms with E-state index < -0.39 is 0 Å². The van der Waals surface area contributed by atoms with E-state index in [9.17, 15) is 4.79 Å². The fraction of sp³-hybridized carbons (Fsp3) is 0.368. The van der Waals surface area contributed by atoms with Crippen molar-refractivity contribution in [3.63, 3.8) is 0 Å². The van der Waals surface area contributed by atoms with Gasteiger partial charge < -0.3 is 10.6 Å². The van der Waals surface area contributed by atoms with Crippen molar-refractivity contribution in [2.24, 2.45) is 0 Å². The van der Waals surface area contributed by atoms with Crippen molar-refractivity contribution < 1.29 is 4.79 Å². The first-order valence-electron chi connectivity index (χ1n) is 8.23. The zero-order chi connectivity index (χ0) is 16.5. The Morgan fingerprint density at radius 1 is 1.17 bits per heavy atom. The second-order valence-corrected chi connectivity index (χ2v) is 5.73. The number of anilines is 1. The van der Waals surface area contributed by atoms with Gasteiger partial charge in [-0.1, -0.05) is 37.3 Å². The Morgan fingerprint density at radius 2 is 1.96 bits per heavy atom. The van der Waals surface area contributed by atoms with E-state index in [1.165, 1.54) is 5.56 Å². The lowest BCUT2D eigenvalue weighted by molar-refractivity contribution is 0.0939. The number of hydrogen-bond acceptors (Lipinski definition) is 3. The van der Waals surface area contributed by atoms with Crippen LogP contribution < -0.4 is 10.6 Å². The van der Waals surface area contributed by atoms with Gasteiger partial charge in [0.2, 0.25) is 0 Å². The van der Waals surface area contributed by atoms with Gasteiger partial charge in [-0.05, 0) is 43.9 Å². The summed E-state index contributed by atoms with van der Waals surface area (Å²) in [6, 6.07) is 14.3. The highest BCUT2D eigenvalue weighted by Crippen LogP contribution is 2.07. The van der Waals surface area contributed by atoms with Gasteiger partial charge >= 0.3 is 0 Å². The number of aromatic nitrogens is 1. The molecule has 1 heterocycles. The van der Waals surface area contributed by atoms with Crippen LogP contribution >= 0.6 is 0 Å². The molecule has 2 aromatic rings. The third-order valence-corrected chi connectivity index (χ3v) is 3.81. The number of pyridine rings is 1. The molecular weight excluding hydrogens is 286 g/mol. The maximum atomic E-state index is 12.0. The van der Waals surface area contributed by atoms with Gasteiger partial charge in [-0.2, -0.15) is 0 Å². The normalized spacial score (nSPS) is 11.7. The zero-order valence-electron chi connectivity index (χ0n) is 13.9. The standard InChI is InChI=1S/C19H25N3O/c1-3-15(2)22-19(23)17-11-12-18(21-14-17)20-13-7-10-16-8-5-4-6-9-16/h4-6,8-9,11-12,14-15H,3,7,10,13H2,1-2H3,(H,20,21)(H,22,23). The Kier molecular flexibility index (Phi) is 6.60. The fourth-order valence-electron chi connectivity index (χ4n) is 2.20. The Labute approximate surface area is 138 Å². The molecule has 23 heavy (non-hydrogen) atoms. The maximum Gasteiger partial charge on any atom is 0.253 e. The van der Waals surface area contributed by atoms with Gasteiger partial charge in [0, 0.05) is 18.8 Å². The van der Waals surface area contributed by atoms with E-state index in [2.05, 4.69) is 39.9 Å². The number of aryl methyl sites for hydroxylation is 1. The van der Waals surface area contributed by atoms with Gasteiger partial charge in [0.1, 0.15) is 5.82 Å². The minimum atomic E-state index is -0.0672. The van der Waals surface area contributed by atoms with Gasteiger partial charge in [-0.3, -0.25) is 4.79 Å². The number of nitrogens with zero attached hydrogens (tertiary/aromatic N) is 1. The van der Waals surface area contributed by atoms with E-state index in [4.69, 9.17) is 0 Å². The number of carbonyl (C=O) groups is 1. The number of hydrogen-bond donors (Lipinski definition) is 2. The minimum Gasteiger partial charge on any atom is -0.370 e. The average molecular weight is 311 g/mol. The van der Waals surface area contributed by atoms with Crippen molar-refractivity contribution in [2.45, 2.75) is 39.2 Å². The molecule has 4 heteroatoms. The Morgan fingerprint density at radius 3 is 2.61 bits per heavy atom. The molecule has 0 saturated heterocycles. The summed E-state index contributed by atoms with van der Waals surface area (Å²) in [7, 11) is 0. The van der Waals surface area contributed by atoms with Crippen LogP contribution in [-0.4, -0.2) is 23.5 Å². The van der Waals surface area contributed by atoms with E-state index in [1.807, 2.05) is 32.0 Å². The molecule has 2 N–H and O–H groups in total. The van der Waals surface area contributed by atoms with Gasteiger partial charge in [0.25, 0.3) is 5.91 Å². The molecule has 0 aliphatic carbocycles. The first-order chi connectivity index (χ1) is 11.2. The molecule has 0 bridgehead atoms. The quantitative estimate of drug-likeness (QED) is 0.732. The summed E-state index contributed by atoms with van der Waals surface area (Å²) in [5.74, 6) is 0.737. The van der Waals surface area contributed by atoms with Crippen LogP contribution in [0.1, 0.15) is 42.6 Å². The van der Waals surface area contributed by atoms with Gasteiger partial charge in [0.15, 0.2) is 0 Å². The van der Waals surface area contributed by atoms with Crippen molar-refractivity contribution in [1.29, 1.82) is 0 Å². The number of carbonyl (C=O) groups excluding carboxylic acids is 1. The Balaban J connectivity index is 1.75. The van der Waals surface area contributed by atoms with E-state index in [0.717, 1.165) is 31.6 Å². The summed E-state index contributed by atoms with van der Waals surface area (Å²) < 4.78 is 0. The monoisotopic (exact) mass is 311 g/mol. The van der Waals surface area contributed by atoms with Crippen LogP contribution in [0.15, 0.2) is 48.7 Å². The molecule has 1 amide bonds. The molecule has 0 aliphatic rings. The SMILES string of the molecule is CCC(C)NC(=O)c1ccc(NCCCc2ccccc2)nc1. The van der Waals surface area contributed by atoms with Crippen LogP contribution in [0, 0.1) is 0 Å². The molecule has 0 fully saturated rings. The van der Waals surface area contributed by atoms with Crippen LogP contribution in [0.5, 0.6) is 0 Å². The number of amides is 1. The van der Waals surface area contributed by atoms with Crippen LogP contribution in [0.3, 0.4) is 0 Å². The molecule has 1 unspecified atom stereocenters. The largest absolute Gasteiger partial charge is 0.370 e. The smallest absolute Gasteiger partial charge is 0.253 e.